The van der Waals surface area contributed by atoms with Crippen LogP contribution >= 0.6 is 0 Å². The summed E-state index contributed by atoms with van der Waals surface area (Å²) >= 11 is 0. The second kappa shape index (κ2) is 5.77. The smallest absolute Gasteiger partial charge is 0.257 e. The minimum Gasteiger partial charge on any atom is -0.348 e. The third-order valence-corrected chi connectivity index (χ3v) is 2.88. The van der Waals surface area contributed by atoms with Crippen LogP contribution in [0, 0.1) is 24.4 Å². The molecule has 0 aliphatic heterocycles. The first-order valence-electron chi connectivity index (χ1n) is 5.96. The number of hydrogen-bond acceptors (Lipinski definition) is 1. The number of nitrogens with one attached hydrogen (secondary N) is 1. The Morgan fingerprint density at radius 2 is 1.70 bits per heavy atom. The lowest BCUT2D eigenvalue weighted by molar-refractivity contribution is 0.0942. The maximum absolute atomic E-state index is 13.4. The van der Waals surface area contributed by atoms with Crippen molar-refractivity contribution in [2.45, 2.75) is 13.5 Å². The Hall–Kier alpha value is -2.30. The second-order valence-electron chi connectivity index (χ2n) is 4.36. The highest BCUT2D eigenvalue weighted by Gasteiger charge is 2.16. The Morgan fingerprint density at radius 1 is 1.05 bits per heavy atom. The average molecular weight is 279 g/mol. The van der Waals surface area contributed by atoms with Crippen LogP contribution in [0.15, 0.2) is 36.4 Å². The van der Waals surface area contributed by atoms with E-state index in [1.807, 2.05) is 0 Å². The van der Waals surface area contributed by atoms with E-state index in [4.69, 9.17) is 0 Å². The van der Waals surface area contributed by atoms with Crippen LogP contribution in [0.2, 0.25) is 0 Å². The molecule has 0 heterocycles. The summed E-state index contributed by atoms with van der Waals surface area (Å²) in [7, 11) is 0. The summed E-state index contributed by atoms with van der Waals surface area (Å²) in [6, 6.07) is 7.66. The van der Waals surface area contributed by atoms with Crippen LogP contribution in [0.25, 0.3) is 0 Å². The van der Waals surface area contributed by atoms with Crippen LogP contribution in [0.5, 0.6) is 0 Å². The molecule has 2 aromatic carbocycles. The third-order valence-electron chi connectivity index (χ3n) is 2.88. The maximum atomic E-state index is 13.4. The lowest BCUT2D eigenvalue weighted by Gasteiger charge is -2.08. The number of carbonyl (C=O) groups is 1. The van der Waals surface area contributed by atoms with Crippen LogP contribution in [0.3, 0.4) is 0 Å². The summed E-state index contributed by atoms with van der Waals surface area (Å²) in [5.74, 6) is -3.13. The van der Waals surface area contributed by atoms with Crippen molar-refractivity contribution < 1.29 is 18.0 Å². The van der Waals surface area contributed by atoms with E-state index >= 15 is 0 Å². The molecule has 5 heteroatoms. The topological polar surface area (TPSA) is 29.1 Å². The van der Waals surface area contributed by atoms with Gasteiger partial charge < -0.3 is 5.32 Å². The molecule has 0 atom stereocenters. The van der Waals surface area contributed by atoms with Gasteiger partial charge in [0.25, 0.3) is 5.91 Å². The van der Waals surface area contributed by atoms with Gasteiger partial charge in [0.2, 0.25) is 0 Å². The maximum Gasteiger partial charge on any atom is 0.257 e. The fourth-order valence-corrected chi connectivity index (χ4v) is 1.73. The van der Waals surface area contributed by atoms with Gasteiger partial charge in [0.05, 0.1) is 0 Å². The quantitative estimate of drug-likeness (QED) is 0.917. The number of aryl methyl sites for hydroxylation is 1. The summed E-state index contributed by atoms with van der Waals surface area (Å²) < 4.78 is 40.1. The first-order chi connectivity index (χ1) is 9.49. The summed E-state index contributed by atoms with van der Waals surface area (Å²) in [5, 5.41) is 2.36. The molecule has 1 amide bonds. The monoisotopic (exact) mass is 279 g/mol. The lowest BCUT2D eigenvalue weighted by atomic mass is 10.1. The molecular weight excluding hydrogens is 267 g/mol. The normalized spacial score (nSPS) is 10.4. The van der Waals surface area contributed by atoms with Crippen molar-refractivity contribution in [2.24, 2.45) is 0 Å². The van der Waals surface area contributed by atoms with Crippen molar-refractivity contribution in [2.75, 3.05) is 0 Å². The molecule has 0 bridgehead atoms. The van der Waals surface area contributed by atoms with Gasteiger partial charge in [-0.2, -0.15) is 0 Å². The van der Waals surface area contributed by atoms with Gasteiger partial charge in [0, 0.05) is 6.54 Å². The van der Waals surface area contributed by atoms with Crippen LogP contribution in [-0.4, -0.2) is 5.91 Å². The standard InChI is InChI=1S/C15H12F3NO/c1-9-5-6-10(7-13(9)18)8-19-15(20)14-11(16)3-2-4-12(14)17/h2-7H,8H2,1H3,(H,19,20). The second-order valence-corrected chi connectivity index (χ2v) is 4.36. The number of hydrogen-bond donors (Lipinski definition) is 1. The third kappa shape index (κ3) is 2.99. The molecule has 0 aliphatic carbocycles. The molecule has 2 aromatic rings. The van der Waals surface area contributed by atoms with E-state index in [-0.39, 0.29) is 6.54 Å². The van der Waals surface area contributed by atoms with Gasteiger partial charge in [-0.1, -0.05) is 18.2 Å². The molecule has 0 fully saturated rings. The van der Waals surface area contributed by atoms with Gasteiger partial charge in [0.15, 0.2) is 0 Å². The van der Waals surface area contributed by atoms with Crippen molar-refractivity contribution in [3.63, 3.8) is 0 Å². The van der Waals surface area contributed by atoms with Crippen LogP contribution in [0.1, 0.15) is 21.5 Å². The number of rotatable bonds is 3. The highest BCUT2D eigenvalue weighted by atomic mass is 19.1. The Kier molecular flexibility index (Phi) is 4.08. The van der Waals surface area contributed by atoms with E-state index < -0.39 is 28.9 Å². The van der Waals surface area contributed by atoms with Gasteiger partial charge in [-0.25, -0.2) is 13.2 Å². The van der Waals surface area contributed by atoms with Gasteiger partial charge >= 0.3 is 0 Å². The molecule has 2 rings (SSSR count). The zero-order chi connectivity index (χ0) is 14.7. The van der Waals surface area contributed by atoms with E-state index in [0.29, 0.717) is 11.1 Å². The first-order valence-corrected chi connectivity index (χ1v) is 5.96. The molecule has 0 aromatic heterocycles. The Bertz CT molecular complexity index is 635. The molecule has 2 nitrogen and oxygen atoms in total. The molecule has 104 valence electrons. The van der Waals surface area contributed by atoms with E-state index in [0.717, 1.165) is 12.1 Å². The van der Waals surface area contributed by atoms with Crippen molar-refractivity contribution >= 4 is 5.91 Å². The number of benzene rings is 2. The average Bonchev–Trinajstić information content (AvgIpc) is 2.40. The summed E-state index contributed by atoms with van der Waals surface area (Å²) in [6.07, 6.45) is 0. The number of halogens is 3. The van der Waals surface area contributed by atoms with E-state index in [9.17, 15) is 18.0 Å². The largest absolute Gasteiger partial charge is 0.348 e. The number of carbonyl (C=O) groups excluding carboxylic acids is 1. The number of amides is 1. The van der Waals surface area contributed by atoms with E-state index in [1.165, 1.54) is 12.1 Å². The van der Waals surface area contributed by atoms with Gasteiger partial charge in [-0.3, -0.25) is 4.79 Å². The minimum absolute atomic E-state index is 0.0101. The predicted octanol–water partition coefficient (Wildman–Crippen LogP) is 3.34. The fraction of sp³-hybridized carbons (Fsp3) is 0.133. The van der Waals surface area contributed by atoms with Crippen LogP contribution < -0.4 is 5.32 Å². The van der Waals surface area contributed by atoms with Gasteiger partial charge in [-0.05, 0) is 36.2 Å². The Balaban J connectivity index is 2.11. The van der Waals surface area contributed by atoms with Crippen molar-refractivity contribution in [3.8, 4) is 0 Å². The molecule has 0 unspecified atom stereocenters. The van der Waals surface area contributed by atoms with Gasteiger partial charge in [0.1, 0.15) is 23.0 Å². The molecule has 0 saturated heterocycles. The predicted molar refractivity (Wildman–Crippen MR) is 68.7 cm³/mol. The van der Waals surface area contributed by atoms with Crippen molar-refractivity contribution in [3.05, 3.63) is 70.5 Å². The Labute approximate surface area is 114 Å². The molecule has 1 N–H and O–H groups in total. The summed E-state index contributed by atoms with van der Waals surface area (Å²) in [5.41, 5.74) is 0.360. The van der Waals surface area contributed by atoms with Crippen molar-refractivity contribution in [1.29, 1.82) is 0 Å². The Morgan fingerprint density at radius 3 is 2.30 bits per heavy atom. The lowest BCUT2D eigenvalue weighted by Crippen LogP contribution is -2.25. The molecular formula is C15H12F3NO. The molecule has 20 heavy (non-hydrogen) atoms. The SMILES string of the molecule is Cc1ccc(CNC(=O)c2c(F)cccc2F)cc1F. The summed E-state index contributed by atoms with van der Waals surface area (Å²) in [6.45, 7) is 1.61. The fourth-order valence-electron chi connectivity index (χ4n) is 1.73. The molecule has 0 spiro atoms. The molecule has 0 radical (unpaired) electrons. The van der Waals surface area contributed by atoms with Gasteiger partial charge in [-0.15, -0.1) is 0 Å². The summed E-state index contributed by atoms with van der Waals surface area (Å²) in [4.78, 5) is 11.7. The highest BCUT2D eigenvalue weighted by molar-refractivity contribution is 5.94. The minimum atomic E-state index is -0.933. The zero-order valence-corrected chi connectivity index (χ0v) is 10.7. The molecule has 0 saturated carbocycles. The molecule has 0 aliphatic rings. The van der Waals surface area contributed by atoms with E-state index in [1.54, 1.807) is 19.1 Å². The van der Waals surface area contributed by atoms with E-state index in [2.05, 4.69) is 5.32 Å². The first kappa shape index (κ1) is 14.1. The highest BCUT2D eigenvalue weighted by Crippen LogP contribution is 2.13. The zero-order valence-electron chi connectivity index (χ0n) is 10.7. The van der Waals surface area contributed by atoms with Crippen LogP contribution in [-0.2, 0) is 6.54 Å². The van der Waals surface area contributed by atoms with Crippen LogP contribution in [0.4, 0.5) is 13.2 Å². The van der Waals surface area contributed by atoms with Crippen molar-refractivity contribution in [1.82, 2.24) is 5.32 Å².